The van der Waals surface area contributed by atoms with Gasteiger partial charge in [0.2, 0.25) is 0 Å². The van der Waals surface area contributed by atoms with Crippen molar-refractivity contribution in [2.75, 3.05) is 0 Å². The molecule has 0 aliphatic heterocycles. The van der Waals surface area contributed by atoms with E-state index in [-0.39, 0.29) is 11.5 Å². The van der Waals surface area contributed by atoms with Crippen LogP contribution in [0.4, 0.5) is 0 Å². The first-order chi connectivity index (χ1) is 7.20. The first-order valence-corrected chi connectivity index (χ1v) is 4.64. The Morgan fingerprint density at radius 1 is 1.13 bits per heavy atom. The molecule has 0 fully saturated rings. The van der Waals surface area contributed by atoms with Gasteiger partial charge in [0.15, 0.2) is 0 Å². The van der Waals surface area contributed by atoms with Crippen LogP contribution in [0.5, 0.6) is 11.5 Å². The quantitative estimate of drug-likeness (QED) is 0.485. The number of benzene rings is 1. The first kappa shape index (κ1) is 9.58. The van der Waals surface area contributed by atoms with Gasteiger partial charge in [0, 0.05) is 11.6 Å². The normalized spacial score (nSPS) is 18.1. The standard InChI is InChI=1S/C11H11NO3/c13-9-3-4-10(11(14)6-9)7-1-2-8(5-7)12-15/h3-6,13-15H,1-2H2. The number of phenolic OH excluding ortho intramolecular Hbond substituents is 2. The van der Waals surface area contributed by atoms with Gasteiger partial charge in [-0.15, -0.1) is 0 Å². The number of oxime groups is 1. The molecule has 0 bridgehead atoms. The highest BCUT2D eigenvalue weighted by atomic mass is 16.4. The predicted octanol–water partition coefficient (Wildman–Crippen LogP) is 2.11. The Bertz CT molecular complexity index is 449. The third kappa shape index (κ3) is 1.79. The van der Waals surface area contributed by atoms with E-state index in [2.05, 4.69) is 5.16 Å². The highest BCUT2D eigenvalue weighted by molar-refractivity contribution is 6.05. The van der Waals surface area contributed by atoms with Gasteiger partial charge in [0.25, 0.3) is 0 Å². The summed E-state index contributed by atoms with van der Waals surface area (Å²) in [4.78, 5) is 0. The summed E-state index contributed by atoms with van der Waals surface area (Å²) in [6.45, 7) is 0. The van der Waals surface area contributed by atoms with Crippen LogP contribution in [-0.4, -0.2) is 21.1 Å². The summed E-state index contributed by atoms with van der Waals surface area (Å²) >= 11 is 0. The predicted molar refractivity (Wildman–Crippen MR) is 56.2 cm³/mol. The molecule has 15 heavy (non-hydrogen) atoms. The summed E-state index contributed by atoms with van der Waals surface area (Å²) in [5.74, 6) is 0.0753. The molecule has 1 aliphatic carbocycles. The maximum atomic E-state index is 9.61. The van der Waals surface area contributed by atoms with Crippen LogP contribution < -0.4 is 0 Å². The molecule has 0 spiro atoms. The van der Waals surface area contributed by atoms with Crippen molar-refractivity contribution in [3.05, 3.63) is 29.8 Å². The van der Waals surface area contributed by atoms with Gasteiger partial charge in [0.05, 0.1) is 5.71 Å². The van der Waals surface area contributed by atoms with Crippen molar-refractivity contribution in [2.24, 2.45) is 5.16 Å². The average molecular weight is 205 g/mol. The summed E-state index contributed by atoms with van der Waals surface area (Å²) in [6, 6.07) is 4.46. The largest absolute Gasteiger partial charge is 0.508 e. The van der Waals surface area contributed by atoms with E-state index < -0.39 is 0 Å². The number of phenols is 2. The Morgan fingerprint density at radius 2 is 1.93 bits per heavy atom. The van der Waals surface area contributed by atoms with Crippen molar-refractivity contribution >= 4 is 11.3 Å². The van der Waals surface area contributed by atoms with Gasteiger partial charge >= 0.3 is 0 Å². The summed E-state index contributed by atoms with van der Waals surface area (Å²) in [5, 5.41) is 30.4. The zero-order valence-corrected chi connectivity index (χ0v) is 8.01. The summed E-state index contributed by atoms with van der Waals surface area (Å²) in [6.07, 6.45) is 3.15. The van der Waals surface area contributed by atoms with Crippen LogP contribution in [-0.2, 0) is 0 Å². The van der Waals surface area contributed by atoms with Crippen LogP contribution in [0, 0.1) is 0 Å². The Hall–Kier alpha value is -1.97. The van der Waals surface area contributed by atoms with E-state index >= 15 is 0 Å². The Balaban J connectivity index is 2.39. The van der Waals surface area contributed by atoms with E-state index in [9.17, 15) is 5.11 Å². The number of nitrogens with zero attached hydrogens (tertiary/aromatic N) is 1. The molecule has 2 rings (SSSR count). The molecule has 0 atom stereocenters. The Morgan fingerprint density at radius 3 is 2.53 bits per heavy atom. The second kappa shape index (κ2) is 3.65. The van der Waals surface area contributed by atoms with E-state index in [1.165, 1.54) is 12.1 Å². The summed E-state index contributed by atoms with van der Waals surface area (Å²) < 4.78 is 0. The molecule has 4 heteroatoms. The molecule has 1 aliphatic rings. The topological polar surface area (TPSA) is 73.1 Å². The minimum Gasteiger partial charge on any atom is -0.508 e. The molecule has 0 amide bonds. The van der Waals surface area contributed by atoms with Crippen LogP contribution in [0.25, 0.3) is 5.57 Å². The fraction of sp³-hybridized carbons (Fsp3) is 0.182. The van der Waals surface area contributed by atoms with Crippen molar-refractivity contribution in [2.45, 2.75) is 12.8 Å². The monoisotopic (exact) mass is 205 g/mol. The van der Waals surface area contributed by atoms with Crippen molar-refractivity contribution in [1.82, 2.24) is 0 Å². The molecule has 0 radical (unpaired) electrons. The van der Waals surface area contributed by atoms with E-state index in [0.717, 1.165) is 12.0 Å². The lowest BCUT2D eigenvalue weighted by Gasteiger charge is -2.04. The fourth-order valence-corrected chi connectivity index (χ4v) is 1.69. The number of hydrogen-bond acceptors (Lipinski definition) is 4. The minimum absolute atomic E-state index is 0.0332. The SMILES string of the molecule is ON=C1C=C(c2ccc(O)cc2O)CC1. The van der Waals surface area contributed by atoms with Gasteiger partial charge in [0.1, 0.15) is 11.5 Å². The highest BCUT2D eigenvalue weighted by Gasteiger charge is 2.15. The molecule has 0 saturated carbocycles. The zero-order chi connectivity index (χ0) is 10.8. The second-order valence-electron chi connectivity index (χ2n) is 3.46. The maximum absolute atomic E-state index is 9.61. The van der Waals surface area contributed by atoms with Gasteiger partial charge in [-0.05, 0) is 36.6 Å². The van der Waals surface area contributed by atoms with Gasteiger partial charge in [-0.3, -0.25) is 0 Å². The average Bonchev–Trinajstić information content (AvgIpc) is 2.66. The fourth-order valence-electron chi connectivity index (χ4n) is 1.69. The lowest BCUT2D eigenvalue weighted by molar-refractivity contribution is 0.318. The molecule has 3 N–H and O–H groups in total. The lowest BCUT2D eigenvalue weighted by Crippen LogP contribution is -1.83. The number of allylic oxidation sites excluding steroid dienone is 2. The molecule has 1 aromatic rings. The molecule has 0 unspecified atom stereocenters. The van der Waals surface area contributed by atoms with E-state index in [0.29, 0.717) is 17.7 Å². The number of rotatable bonds is 1. The molecule has 4 nitrogen and oxygen atoms in total. The number of aromatic hydroxyl groups is 2. The molecule has 0 aromatic heterocycles. The molecule has 1 aromatic carbocycles. The van der Waals surface area contributed by atoms with E-state index in [4.69, 9.17) is 10.3 Å². The molecular formula is C11H11NO3. The van der Waals surface area contributed by atoms with Gasteiger partial charge < -0.3 is 15.4 Å². The smallest absolute Gasteiger partial charge is 0.126 e. The van der Waals surface area contributed by atoms with Crippen molar-refractivity contribution < 1.29 is 15.4 Å². The van der Waals surface area contributed by atoms with Crippen molar-refractivity contribution in [1.29, 1.82) is 0 Å². The Labute approximate surface area is 86.8 Å². The van der Waals surface area contributed by atoms with Crippen molar-refractivity contribution in [3.8, 4) is 11.5 Å². The maximum Gasteiger partial charge on any atom is 0.126 e. The van der Waals surface area contributed by atoms with E-state index in [1.54, 1.807) is 12.1 Å². The van der Waals surface area contributed by atoms with Gasteiger partial charge in [-0.2, -0.15) is 0 Å². The zero-order valence-electron chi connectivity index (χ0n) is 8.01. The molecule has 78 valence electrons. The molecule has 0 saturated heterocycles. The molecule has 0 heterocycles. The third-order valence-corrected chi connectivity index (χ3v) is 2.45. The number of hydrogen-bond donors (Lipinski definition) is 3. The van der Waals surface area contributed by atoms with Crippen LogP contribution >= 0.6 is 0 Å². The van der Waals surface area contributed by atoms with Crippen LogP contribution in [0.15, 0.2) is 29.4 Å². The van der Waals surface area contributed by atoms with Crippen molar-refractivity contribution in [3.63, 3.8) is 0 Å². The van der Waals surface area contributed by atoms with Crippen LogP contribution in [0.1, 0.15) is 18.4 Å². The van der Waals surface area contributed by atoms with E-state index in [1.807, 2.05) is 0 Å². The minimum atomic E-state index is 0.0332. The lowest BCUT2D eigenvalue weighted by atomic mass is 10.0. The first-order valence-electron chi connectivity index (χ1n) is 4.64. The second-order valence-corrected chi connectivity index (χ2v) is 3.46. The Kier molecular flexibility index (Phi) is 2.33. The summed E-state index contributed by atoms with van der Waals surface area (Å²) in [7, 11) is 0. The highest BCUT2D eigenvalue weighted by Crippen LogP contribution is 2.34. The van der Waals surface area contributed by atoms with Crippen LogP contribution in [0.2, 0.25) is 0 Å². The van der Waals surface area contributed by atoms with Gasteiger partial charge in [-0.25, -0.2) is 0 Å². The van der Waals surface area contributed by atoms with Crippen LogP contribution in [0.3, 0.4) is 0 Å². The summed E-state index contributed by atoms with van der Waals surface area (Å²) in [5.41, 5.74) is 2.20. The molecular weight excluding hydrogens is 194 g/mol. The van der Waals surface area contributed by atoms with Gasteiger partial charge in [-0.1, -0.05) is 5.16 Å². The third-order valence-electron chi connectivity index (χ3n) is 2.45.